The van der Waals surface area contributed by atoms with Crippen molar-refractivity contribution in [3.8, 4) is 11.6 Å². The fourth-order valence-corrected chi connectivity index (χ4v) is 2.65. The molecule has 10 heteroatoms. The molecule has 0 saturated heterocycles. The van der Waals surface area contributed by atoms with Crippen LogP contribution in [0.4, 0.5) is 19.0 Å². The van der Waals surface area contributed by atoms with E-state index in [1.807, 2.05) is 29.1 Å². The number of amides is 1. The third-order valence-corrected chi connectivity index (χ3v) is 3.97. The fraction of sp³-hybridized carbons (Fsp3) is 0.211. The number of nitrogens with one attached hydrogen (secondary N) is 2. The Morgan fingerprint density at radius 3 is 2.52 bits per heavy atom. The number of hydrogen-bond acceptors (Lipinski definition) is 5. The van der Waals surface area contributed by atoms with Crippen molar-refractivity contribution < 1.29 is 22.7 Å². The molecule has 0 unspecified atom stereocenters. The summed E-state index contributed by atoms with van der Waals surface area (Å²) >= 11 is 0. The SMILES string of the molecule is COc1c(F)c(F)cc(C(=O)NCCNc2cc(-n3cccc3)nc(C)n2)c1F. The standard InChI is InChI=1S/C19H18F3N5O2/c1-11-25-14(10-15(26-11)27-7-3-4-8-27)23-5-6-24-19(28)12-9-13(20)17(22)18(29-2)16(12)21/h3-4,7-10H,5-6H2,1-2H3,(H,24,28)(H,23,25,26). The summed E-state index contributed by atoms with van der Waals surface area (Å²) in [4.78, 5) is 20.7. The Bertz CT molecular complexity index is 1030. The maximum absolute atomic E-state index is 14.1. The molecule has 0 spiro atoms. The Hall–Kier alpha value is -3.56. The van der Waals surface area contributed by atoms with Crippen molar-refractivity contribution in [2.24, 2.45) is 0 Å². The van der Waals surface area contributed by atoms with Gasteiger partial charge in [-0.2, -0.15) is 4.39 Å². The molecule has 0 atom stereocenters. The molecule has 2 aromatic heterocycles. The largest absolute Gasteiger partial charge is 0.491 e. The number of aromatic nitrogens is 3. The van der Waals surface area contributed by atoms with Crippen LogP contribution in [0.15, 0.2) is 36.7 Å². The summed E-state index contributed by atoms with van der Waals surface area (Å²) in [6, 6.07) is 5.96. The molecule has 3 rings (SSSR count). The highest BCUT2D eigenvalue weighted by atomic mass is 19.2. The molecule has 0 fully saturated rings. The molecule has 152 valence electrons. The Kier molecular flexibility index (Phi) is 6.01. The number of hydrogen-bond donors (Lipinski definition) is 2. The first-order valence-electron chi connectivity index (χ1n) is 8.63. The second-order valence-corrected chi connectivity index (χ2v) is 6.00. The number of nitrogens with zero attached hydrogens (tertiary/aromatic N) is 3. The second kappa shape index (κ2) is 8.63. The first kappa shape index (κ1) is 20.2. The summed E-state index contributed by atoms with van der Waals surface area (Å²) in [5.41, 5.74) is -0.645. The Labute approximate surface area is 164 Å². The lowest BCUT2D eigenvalue weighted by Gasteiger charge is -2.11. The lowest BCUT2D eigenvalue weighted by molar-refractivity contribution is 0.0949. The summed E-state index contributed by atoms with van der Waals surface area (Å²) in [6.07, 6.45) is 3.69. The van der Waals surface area contributed by atoms with Gasteiger partial charge in [-0.25, -0.2) is 18.7 Å². The van der Waals surface area contributed by atoms with Gasteiger partial charge in [0.05, 0.1) is 12.7 Å². The van der Waals surface area contributed by atoms with Gasteiger partial charge < -0.3 is 19.9 Å². The third kappa shape index (κ3) is 4.48. The maximum Gasteiger partial charge on any atom is 0.254 e. The highest BCUT2D eigenvalue weighted by molar-refractivity contribution is 5.95. The minimum Gasteiger partial charge on any atom is -0.491 e. The molecule has 1 aromatic carbocycles. The van der Waals surface area contributed by atoms with Gasteiger partial charge in [0.1, 0.15) is 17.5 Å². The van der Waals surface area contributed by atoms with E-state index in [0.29, 0.717) is 23.5 Å². The zero-order valence-electron chi connectivity index (χ0n) is 15.7. The summed E-state index contributed by atoms with van der Waals surface area (Å²) < 4.78 is 47.5. The average molecular weight is 405 g/mol. The van der Waals surface area contributed by atoms with Crippen LogP contribution in [-0.4, -0.2) is 40.6 Å². The molecule has 0 aliphatic carbocycles. The van der Waals surface area contributed by atoms with Gasteiger partial charge in [0.25, 0.3) is 5.91 Å². The molecular weight excluding hydrogens is 387 g/mol. The van der Waals surface area contributed by atoms with E-state index < -0.39 is 34.7 Å². The van der Waals surface area contributed by atoms with Crippen molar-refractivity contribution in [3.63, 3.8) is 0 Å². The number of carbonyl (C=O) groups is 1. The highest BCUT2D eigenvalue weighted by Gasteiger charge is 2.23. The van der Waals surface area contributed by atoms with Crippen LogP contribution in [0.25, 0.3) is 5.82 Å². The molecule has 2 heterocycles. The van der Waals surface area contributed by atoms with Crippen molar-refractivity contribution >= 4 is 11.7 Å². The van der Waals surface area contributed by atoms with Crippen molar-refractivity contribution in [2.45, 2.75) is 6.92 Å². The number of ether oxygens (including phenoxy) is 1. The topological polar surface area (TPSA) is 81.1 Å². The summed E-state index contributed by atoms with van der Waals surface area (Å²) in [7, 11) is 0.984. The Balaban J connectivity index is 1.62. The Morgan fingerprint density at radius 2 is 1.83 bits per heavy atom. The monoisotopic (exact) mass is 405 g/mol. The minimum absolute atomic E-state index is 0.0848. The van der Waals surface area contributed by atoms with Gasteiger partial charge >= 0.3 is 0 Å². The normalized spacial score (nSPS) is 10.7. The van der Waals surface area contributed by atoms with Gasteiger partial charge in [-0.1, -0.05) is 0 Å². The van der Waals surface area contributed by atoms with E-state index in [4.69, 9.17) is 0 Å². The number of rotatable bonds is 7. The number of carbonyl (C=O) groups excluding carboxylic acids is 1. The van der Waals surface area contributed by atoms with Crippen molar-refractivity contribution in [3.05, 3.63) is 65.5 Å². The third-order valence-electron chi connectivity index (χ3n) is 3.97. The van der Waals surface area contributed by atoms with Crippen LogP contribution < -0.4 is 15.4 Å². The van der Waals surface area contributed by atoms with Crippen LogP contribution in [0.3, 0.4) is 0 Å². The van der Waals surface area contributed by atoms with Crippen molar-refractivity contribution in [1.29, 1.82) is 0 Å². The van der Waals surface area contributed by atoms with Gasteiger partial charge in [-0.15, -0.1) is 0 Å². The van der Waals surface area contributed by atoms with E-state index in [-0.39, 0.29) is 13.1 Å². The molecular formula is C19H18F3N5O2. The first-order valence-corrected chi connectivity index (χ1v) is 8.63. The summed E-state index contributed by atoms with van der Waals surface area (Å²) in [5, 5.41) is 5.45. The predicted octanol–water partition coefficient (Wildman–Crippen LogP) is 2.84. The van der Waals surface area contributed by atoms with Gasteiger partial charge in [-0.05, 0) is 25.1 Å². The smallest absolute Gasteiger partial charge is 0.254 e. The van der Waals surface area contributed by atoms with Crippen LogP contribution in [0, 0.1) is 24.4 Å². The molecule has 0 bridgehead atoms. The zero-order chi connectivity index (χ0) is 21.0. The number of methoxy groups -OCH3 is 1. The molecule has 3 aromatic rings. The van der Waals surface area contributed by atoms with Gasteiger partial charge in [0.2, 0.25) is 5.82 Å². The average Bonchev–Trinajstić information content (AvgIpc) is 3.23. The lowest BCUT2D eigenvalue weighted by atomic mass is 10.1. The van der Waals surface area contributed by atoms with Gasteiger partial charge in [-0.3, -0.25) is 4.79 Å². The van der Waals surface area contributed by atoms with E-state index >= 15 is 0 Å². The van der Waals surface area contributed by atoms with E-state index in [1.165, 1.54) is 0 Å². The number of aryl methyl sites for hydroxylation is 1. The lowest BCUT2D eigenvalue weighted by Crippen LogP contribution is -2.30. The molecule has 2 N–H and O–H groups in total. The van der Waals surface area contributed by atoms with Crippen LogP contribution in [0.1, 0.15) is 16.2 Å². The zero-order valence-corrected chi connectivity index (χ0v) is 15.7. The van der Waals surface area contributed by atoms with E-state index in [0.717, 1.165) is 7.11 Å². The molecule has 0 aliphatic heterocycles. The van der Waals surface area contributed by atoms with Crippen molar-refractivity contribution in [1.82, 2.24) is 19.9 Å². The molecule has 0 saturated carbocycles. The quantitative estimate of drug-likeness (QED) is 0.467. The predicted molar refractivity (Wildman–Crippen MR) is 99.8 cm³/mol. The van der Waals surface area contributed by atoms with Crippen LogP contribution in [0.5, 0.6) is 5.75 Å². The number of halogens is 3. The summed E-state index contributed by atoms with van der Waals surface area (Å²) in [5.74, 6) is -4.20. The second-order valence-electron chi connectivity index (χ2n) is 6.00. The minimum atomic E-state index is -1.49. The highest BCUT2D eigenvalue weighted by Crippen LogP contribution is 2.26. The van der Waals surface area contributed by atoms with Gasteiger partial charge in [0, 0.05) is 31.5 Å². The molecule has 1 amide bonds. The van der Waals surface area contributed by atoms with Crippen LogP contribution in [-0.2, 0) is 0 Å². The van der Waals surface area contributed by atoms with E-state index in [2.05, 4.69) is 25.3 Å². The number of benzene rings is 1. The van der Waals surface area contributed by atoms with E-state index in [1.54, 1.807) is 13.0 Å². The van der Waals surface area contributed by atoms with E-state index in [9.17, 15) is 18.0 Å². The maximum atomic E-state index is 14.1. The molecule has 7 nitrogen and oxygen atoms in total. The fourth-order valence-electron chi connectivity index (χ4n) is 2.65. The first-order chi connectivity index (χ1) is 13.9. The van der Waals surface area contributed by atoms with Crippen molar-refractivity contribution in [2.75, 3.05) is 25.5 Å². The van der Waals surface area contributed by atoms with Gasteiger partial charge in [0.15, 0.2) is 17.4 Å². The molecule has 29 heavy (non-hydrogen) atoms. The molecule has 0 radical (unpaired) electrons. The summed E-state index contributed by atoms with van der Waals surface area (Å²) in [6.45, 7) is 2.09. The Morgan fingerprint density at radius 1 is 1.10 bits per heavy atom. The van der Waals surface area contributed by atoms with Crippen LogP contribution in [0.2, 0.25) is 0 Å². The molecule has 0 aliphatic rings. The number of anilines is 1. The van der Waals surface area contributed by atoms with Crippen LogP contribution >= 0.6 is 0 Å².